The van der Waals surface area contributed by atoms with E-state index in [1.54, 1.807) is 23.7 Å². The Morgan fingerprint density at radius 2 is 0.843 bits per heavy atom. The number of benzene rings is 1. The zero-order valence-corrected chi connectivity index (χ0v) is 35.1. The number of thioether (sulfide) groups is 1. The Bertz CT molecular complexity index is 949. The molecule has 7 heteroatoms. The minimum absolute atomic E-state index is 0.684. The van der Waals surface area contributed by atoms with E-state index in [2.05, 4.69) is 24.2 Å². The average molecular weight is 745 g/mol. The van der Waals surface area contributed by atoms with E-state index < -0.39 is 0 Å². The molecule has 0 saturated carbocycles. The fourth-order valence-electron chi connectivity index (χ4n) is 6.91. The topological polar surface area (TPSA) is 54.2 Å². The Labute approximate surface area is 324 Å². The van der Waals surface area contributed by atoms with Crippen LogP contribution in [-0.4, -0.2) is 31.1 Å². The van der Waals surface area contributed by atoms with Crippen LogP contribution in [0.1, 0.15) is 219 Å². The molecule has 0 aliphatic carbocycles. The summed E-state index contributed by atoms with van der Waals surface area (Å²) in [5.41, 5.74) is 0.744. The lowest BCUT2D eigenvalue weighted by Gasteiger charge is -2.18. The first kappa shape index (κ1) is 46.0. The minimum atomic E-state index is 0.684. The molecule has 0 radical (unpaired) electrons. The van der Waals surface area contributed by atoms with Crippen LogP contribution in [0.4, 0.5) is 11.5 Å². The summed E-state index contributed by atoms with van der Waals surface area (Å²) < 4.78 is 1.84. The normalized spacial score (nSPS) is 11.5. The molecule has 0 saturated heterocycles. The predicted molar refractivity (Wildman–Crippen MR) is 228 cm³/mol. The van der Waals surface area contributed by atoms with Gasteiger partial charge in [0.05, 0.1) is 5.69 Å². The van der Waals surface area contributed by atoms with Gasteiger partial charge in [-0.3, -0.25) is 5.21 Å². The van der Waals surface area contributed by atoms with Crippen LogP contribution in [0.2, 0.25) is 0 Å². The van der Waals surface area contributed by atoms with Crippen molar-refractivity contribution in [3.05, 3.63) is 30.3 Å². The van der Waals surface area contributed by atoms with Crippen molar-refractivity contribution in [3.8, 4) is 0 Å². The van der Waals surface area contributed by atoms with Gasteiger partial charge in [-0.25, -0.2) is 5.06 Å². The predicted octanol–water partition coefficient (Wildman–Crippen LogP) is 15.9. The monoisotopic (exact) mass is 745 g/mol. The second kappa shape index (κ2) is 34.6. The minimum Gasteiger partial charge on any atom is -0.282 e. The molecule has 1 aromatic carbocycles. The molecule has 0 amide bonds. The van der Waals surface area contributed by atoms with Crippen LogP contribution >= 0.6 is 23.7 Å². The summed E-state index contributed by atoms with van der Waals surface area (Å²) in [5, 5.41) is 22.3. The fourth-order valence-corrected chi connectivity index (χ4v) is 8.79. The lowest BCUT2D eigenvalue weighted by Crippen LogP contribution is -2.15. The van der Waals surface area contributed by atoms with Crippen molar-refractivity contribution in [2.45, 2.75) is 224 Å². The number of unbranched alkanes of at least 4 members (excludes halogenated alkanes) is 30. The number of nitrogens with zero attached hydrogens (tertiary/aromatic N) is 4. The molecule has 0 fully saturated rings. The van der Waals surface area contributed by atoms with E-state index in [9.17, 15) is 5.21 Å². The first-order valence-corrected chi connectivity index (χ1v) is 24.0. The highest BCUT2D eigenvalue weighted by Crippen LogP contribution is 2.35. The maximum atomic E-state index is 11.2. The summed E-state index contributed by atoms with van der Waals surface area (Å²) in [6, 6.07) is 9.76. The molecular weight excluding hydrogens is 665 g/mol. The Morgan fingerprint density at radius 1 is 0.490 bits per heavy atom. The molecule has 5 nitrogen and oxygen atoms in total. The van der Waals surface area contributed by atoms with Crippen molar-refractivity contribution in [2.75, 3.05) is 16.6 Å². The Balaban J connectivity index is 1.54. The van der Waals surface area contributed by atoms with Gasteiger partial charge in [0, 0.05) is 5.75 Å². The fraction of sp³-hybridized carbons (Fsp3) is 0.818. The van der Waals surface area contributed by atoms with Crippen molar-refractivity contribution < 1.29 is 5.21 Å². The third kappa shape index (κ3) is 24.7. The van der Waals surface area contributed by atoms with E-state index in [1.807, 2.05) is 34.4 Å². The molecule has 0 atom stereocenters. The number of hydrogen-bond acceptors (Lipinski definition) is 6. The van der Waals surface area contributed by atoms with Crippen LogP contribution in [0.3, 0.4) is 0 Å². The second-order valence-corrected chi connectivity index (χ2v) is 17.1. The molecule has 0 spiro atoms. The van der Waals surface area contributed by atoms with Gasteiger partial charge in [0.15, 0.2) is 5.03 Å². The zero-order valence-electron chi connectivity index (χ0n) is 33.5. The molecule has 1 heterocycles. The molecule has 0 unspecified atom stereocenters. The summed E-state index contributed by atoms with van der Waals surface area (Å²) in [7, 11) is 0. The van der Waals surface area contributed by atoms with Crippen LogP contribution in [0.15, 0.2) is 35.4 Å². The molecule has 1 aromatic heterocycles. The molecular formula is C44H80N4OS2. The van der Waals surface area contributed by atoms with Gasteiger partial charge < -0.3 is 0 Å². The van der Waals surface area contributed by atoms with E-state index >= 15 is 0 Å². The van der Waals surface area contributed by atoms with Gasteiger partial charge in [0.25, 0.3) is 0 Å². The van der Waals surface area contributed by atoms with Crippen LogP contribution in [-0.2, 0) is 0 Å². The Morgan fingerprint density at radius 3 is 1.24 bits per heavy atom. The first-order valence-electron chi connectivity index (χ1n) is 22.0. The maximum absolute atomic E-state index is 11.2. The number of para-hydroxylation sites is 1. The molecule has 0 bridgehead atoms. The number of rotatable bonds is 38. The molecule has 0 aliphatic rings. The Kier molecular flexibility index (Phi) is 31.2. The summed E-state index contributed by atoms with van der Waals surface area (Å²) in [4.78, 5) is 0. The number of aromatic nitrogens is 3. The highest BCUT2D eigenvalue weighted by molar-refractivity contribution is 7.99. The number of anilines is 2. The molecule has 0 aliphatic heterocycles. The third-order valence-corrected chi connectivity index (χ3v) is 12.2. The lowest BCUT2D eigenvalue weighted by atomic mass is 10.0. The van der Waals surface area contributed by atoms with Gasteiger partial charge in [0.2, 0.25) is 5.82 Å². The molecule has 2 rings (SSSR count). The van der Waals surface area contributed by atoms with E-state index in [0.717, 1.165) is 22.2 Å². The van der Waals surface area contributed by atoms with Gasteiger partial charge in [-0.15, -0.1) is 16.9 Å². The van der Waals surface area contributed by atoms with Crippen molar-refractivity contribution in [1.82, 2.24) is 14.4 Å². The van der Waals surface area contributed by atoms with E-state index in [-0.39, 0.29) is 0 Å². The highest BCUT2D eigenvalue weighted by atomic mass is 32.2. The van der Waals surface area contributed by atoms with Crippen LogP contribution in [0.25, 0.3) is 0 Å². The second-order valence-electron chi connectivity index (χ2n) is 15.0. The Hall–Kier alpha value is -1.18. The lowest BCUT2D eigenvalue weighted by molar-refractivity contribution is 0.294. The SMILES string of the molecule is CCCCCCCCCCCCCCCCCCSc1nnn(SCCCCCCCCCCCCCCCCCC)c1N(O)c1ccccc1. The van der Waals surface area contributed by atoms with Crippen molar-refractivity contribution >= 4 is 35.2 Å². The summed E-state index contributed by atoms with van der Waals surface area (Å²) >= 11 is 3.40. The zero-order chi connectivity index (χ0) is 36.3. The summed E-state index contributed by atoms with van der Waals surface area (Å²) in [5.74, 6) is 2.68. The third-order valence-electron chi connectivity index (χ3n) is 10.2. The van der Waals surface area contributed by atoms with E-state index in [1.165, 1.54) is 211 Å². The smallest absolute Gasteiger partial charge is 0.202 e. The average Bonchev–Trinajstić information content (AvgIpc) is 3.56. The van der Waals surface area contributed by atoms with Crippen molar-refractivity contribution in [1.29, 1.82) is 0 Å². The first-order chi connectivity index (χ1) is 25.3. The molecule has 51 heavy (non-hydrogen) atoms. The van der Waals surface area contributed by atoms with Crippen LogP contribution < -0.4 is 5.06 Å². The summed E-state index contributed by atoms with van der Waals surface area (Å²) in [6.45, 7) is 4.59. The quantitative estimate of drug-likeness (QED) is 0.0420. The van der Waals surface area contributed by atoms with Crippen molar-refractivity contribution in [3.63, 3.8) is 0 Å². The van der Waals surface area contributed by atoms with Gasteiger partial charge in [-0.05, 0) is 42.7 Å². The standard InChI is InChI=1S/C44H80N4OS2/c1-3-5-7-9-11-13-15-17-19-21-23-25-27-29-31-36-40-50-43-44(47(49)42-38-34-33-35-39-42)48(46-45-43)51-41-37-32-30-28-26-24-22-20-18-16-14-12-10-8-6-4-2/h33-35,38-39,49H,3-32,36-37,40-41H2,1-2H3. The van der Waals surface area contributed by atoms with Gasteiger partial charge in [-0.2, -0.15) is 4.09 Å². The summed E-state index contributed by atoms with van der Waals surface area (Å²) in [6.07, 6.45) is 44.3. The van der Waals surface area contributed by atoms with E-state index in [0.29, 0.717) is 5.82 Å². The molecule has 294 valence electrons. The van der Waals surface area contributed by atoms with Crippen LogP contribution in [0, 0.1) is 0 Å². The highest BCUT2D eigenvalue weighted by Gasteiger charge is 2.21. The van der Waals surface area contributed by atoms with Gasteiger partial charge in [0.1, 0.15) is 0 Å². The van der Waals surface area contributed by atoms with Gasteiger partial charge >= 0.3 is 0 Å². The molecule has 1 N–H and O–H groups in total. The van der Waals surface area contributed by atoms with Crippen molar-refractivity contribution in [2.24, 2.45) is 0 Å². The number of hydrogen-bond donors (Lipinski definition) is 1. The molecule has 2 aromatic rings. The van der Waals surface area contributed by atoms with Crippen LogP contribution in [0.5, 0.6) is 0 Å². The van der Waals surface area contributed by atoms with Gasteiger partial charge in [-0.1, -0.05) is 230 Å². The maximum Gasteiger partial charge on any atom is 0.202 e. The van der Waals surface area contributed by atoms with E-state index in [4.69, 9.17) is 0 Å². The largest absolute Gasteiger partial charge is 0.282 e.